The van der Waals surface area contributed by atoms with Crippen molar-refractivity contribution < 1.29 is 0 Å². The Morgan fingerprint density at radius 1 is 0.347 bits per heavy atom. The van der Waals surface area contributed by atoms with Crippen LogP contribution in [0.15, 0.2) is 176 Å². The van der Waals surface area contributed by atoms with E-state index in [1.807, 2.05) is 6.07 Å². The molecular formula is C46H29N3. The van der Waals surface area contributed by atoms with Gasteiger partial charge >= 0.3 is 0 Å². The van der Waals surface area contributed by atoms with Crippen molar-refractivity contribution in [2.24, 2.45) is 0 Å². The number of rotatable bonds is 4. The predicted molar refractivity (Wildman–Crippen MR) is 205 cm³/mol. The van der Waals surface area contributed by atoms with Crippen molar-refractivity contribution in [2.75, 3.05) is 0 Å². The van der Waals surface area contributed by atoms with Gasteiger partial charge in [0.05, 0.1) is 22.4 Å². The molecule has 0 saturated heterocycles. The maximum Gasteiger partial charge on any atom is 0.161 e. The van der Waals surface area contributed by atoms with Crippen LogP contribution in [0.3, 0.4) is 0 Å². The highest BCUT2D eigenvalue weighted by atomic mass is 15.0. The van der Waals surface area contributed by atoms with Gasteiger partial charge in [0.15, 0.2) is 5.82 Å². The lowest BCUT2D eigenvalue weighted by Gasteiger charge is -2.15. The van der Waals surface area contributed by atoms with Crippen LogP contribution in [0.2, 0.25) is 0 Å². The topological polar surface area (TPSA) is 30.7 Å². The fraction of sp³-hybridized carbons (Fsp3) is 0. The van der Waals surface area contributed by atoms with E-state index in [1.54, 1.807) is 0 Å². The van der Waals surface area contributed by atoms with Crippen molar-refractivity contribution in [1.29, 1.82) is 0 Å². The zero-order valence-electron chi connectivity index (χ0n) is 26.6. The van der Waals surface area contributed by atoms with E-state index in [2.05, 4.69) is 174 Å². The molecule has 10 rings (SSSR count). The quantitative estimate of drug-likeness (QED) is 0.144. The summed E-state index contributed by atoms with van der Waals surface area (Å²) in [5, 5.41) is 9.60. The van der Waals surface area contributed by atoms with E-state index >= 15 is 0 Å². The maximum atomic E-state index is 5.41. The second-order valence-electron chi connectivity index (χ2n) is 12.6. The maximum absolute atomic E-state index is 5.41. The third-order valence-corrected chi connectivity index (χ3v) is 9.77. The molecule has 10 aromatic rings. The van der Waals surface area contributed by atoms with E-state index in [0.717, 1.165) is 50.4 Å². The van der Waals surface area contributed by atoms with Gasteiger partial charge in [-0.1, -0.05) is 140 Å². The summed E-state index contributed by atoms with van der Waals surface area (Å²) in [7, 11) is 0. The Morgan fingerprint density at radius 2 is 0.939 bits per heavy atom. The largest absolute Gasteiger partial charge is 0.309 e. The zero-order valence-corrected chi connectivity index (χ0v) is 26.6. The first kappa shape index (κ1) is 27.5. The third-order valence-electron chi connectivity index (χ3n) is 9.77. The van der Waals surface area contributed by atoms with Gasteiger partial charge in [-0.15, -0.1) is 0 Å². The summed E-state index contributed by atoms with van der Waals surface area (Å²) in [6.45, 7) is 0. The number of hydrogen-bond donors (Lipinski definition) is 0. The molecule has 0 aliphatic rings. The van der Waals surface area contributed by atoms with Crippen LogP contribution >= 0.6 is 0 Å². The summed E-state index contributed by atoms with van der Waals surface area (Å²) in [6.07, 6.45) is 0. The molecule has 3 nitrogen and oxygen atoms in total. The highest BCUT2D eigenvalue weighted by Gasteiger charge is 2.18. The molecule has 0 bridgehead atoms. The van der Waals surface area contributed by atoms with Crippen LogP contribution in [0, 0.1) is 0 Å². The standard InChI is InChI=1S/C46H29N3/c1-2-14-31(15-3-1)41-29-42(33-17-12-18-34(27-33)49-43-23-10-8-21-37(43)38-22-9-11-24-44(38)49)48-46(47-41)45-36-20-7-5-16-32(36)28-40-35-19-6-4-13-30(35)25-26-39(40)45/h1-29H. The number of nitrogens with zero attached hydrogens (tertiary/aromatic N) is 3. The molecule has 0 amide bonds. The van der Waals surface area contributed by atoms with E-state index in [9.17, 15) is 0 Å². The van der Waals surface area contributed by atoms with Crippen LogP contribution in [0.1, 0.15) is 0 Å². The average molecular weight is 624 g/mol. The first-order valence-corrected chi connectivity index (χ1v) is 16.7. The smallest absolute Gasteiger partial charge is 0.161 e. The minimum absolute atomic E-state index is 0.718. The molecule has 0 fully saturated rings. The van der Waals surface area contributed by atoms with Gasteiger partial charge in [0, 0.05) is 33.2 Å². The van der Waals surface area contributed by atoms with E-state index < -0.39 is 0 Å². The summed E-state index contributed by atoms with van der Waals surface area (Å²) in [5.74, 6) is 0.718. The van der Waals surface area contributed by atoms with E-state index in [4.69, 9.17) is 9.97 Å². The fourth-order valence-electron chi connectivity index (χ4n) is 7.53. The van der Waals surface area contributed by atoms with Crippen molar-refractivity contribution in [3.63, 3.8) is 0 Å². The van der Waals surface area contributed by atoms with Crippen molar-refractivity contribution in [3.05, 3.63) is 176 Å². The van der Waals surface area contributed by atoms with Crippen LogP contribution in [-0.2, 0) is 0 Å². The van der Waals surface area contributed by atoms with Gasteiger partial charge < -0.3 is 4.57 Å². The first-order valence-electron chi connectivity index (χ1n) is 16.7. The molecule has 2 aromatic heterocycles. The van der Waals surface area contributed by atoms with Crippen LogP contribution in [0.5, 0.6) is 0 Å². The third kappa shape index (κ3) is 4.44. The van der Waals surface area contributed by atoms with Crippen molar-refractivity contribution in [3.8, 4) is 39.6 Å². The van der Waals surface area contributed by atoms with Crippen molar-refractivity contribution >= 4 is 54.1 Å². The summed E-state index contributed by atoms with van der Waals surface area (Å²) < 4.78 is 2.36. The van der Waals surface area contributed by atoms with Crippen LogP contribution < -0.4 is 0 Å². The van der Waals surface area contributed by atoms with E-state index in [-0.39, 0.29) is 0 Å². The normalized spacial score (nSPS) is 11.7. The van der Waals surface area contributed by atoms with E-state index in [0.29, 0.717) is 0 Å². The molecule has 49 heavy (non-hydrogen) atoms. The van der Waals surface area contributed by atoms with Crippen LogP contribution in [0.4, 0.5) is 0 Å². The molecule has 3 heteroatoms. The van der Waals surface area contributed by atoms with Crippen LogP contribution in [-0.4, -0.2) is 14.5 Å². The summed E-state index contributed by atoms with van der Waals surface area (Å²) >= 11 is 0. The number of para-hydroxylation sites is 2. The Morgan fingerprint density at radius 3 is 1.69 bits per heavy atom. The minimum Gasteiger partial charge on any atom is -0.309 e. The Balaban J connectivity index is 1.25. The molecule has 0 radical (unpaired) electrons. The molecule has 228 valence electrons. The van der Waals surface area contributed by atoms with Gasteiger partial charge in [-0.3, -0.25) is 0 Å². The molecule has 0 saturated carbocycles. The van der Waals surface area contributed by atoms with Crippen molar-refractivity contribution in [2.45, 2.75) is 0 Å². The summed E-state index contributed by atoms with van der Waals surface area (Å²) in [4.78, 5) is 10.7. The van der Waals surface area contributed by atoms with Crippen LogP contribution in [0.25, 0.3) is 93.7 Å². The SMILES string of the molecule is c1ccc(-c2cc(-c3cccc(-n4c5ccccc5c5ccccc54)c3)nc(-c3c4ccccc4cc4c3ccc3ccccc34)n2)cc1. The summed E-state index contributed by atoms with van der Waals surface area (Å²) in [6, 6.07) is 62.5. The minimum atomic E-state index is 0.718. The Kier molecular flexibility index (Phi) is 6.18. The van der Waals surface area contributed by atoms with Gasteiger partial charge in [0.1, 0.15) is 0 Å². The molecule has 0 N–H and O–H groups in total. The number of aromatic nitrogens is 3. The Bertz CT molecular complexity index is 2830. The molecule has 0 spiro atoms. The van der Waals surface area contributed by atoms with E-state index in [1.165, 1.54) is 43.4 Å². The van der Waals surface area contributed by atoms with Gasteiger partial charge in [0.2, 0.25) is 0 Å². The molecule has 0 aliphatic carbocycles. The molecule has 0 atom stereocenters. The molecular weight excluding hydrogens is 595 g/mol. The first-order chi connectivity index (χ1) is 24.3. The second kappa shape index (κ2) is 11.0. The predicted octanol–water partition coefficient (Wildman–Crippen LogP) is 12.0. The average Bonchev–Trinajstić information content (AvgIpc) is 3.51. The zero-order chi connectivity index (χ0) is 32.3. The van der Waals surface area contributed by atoms with Crippen molar-refractivity contribution in [1.82, 2.24) is 14.5 Å². The molecule has 0 aliphatic heterocycles. The van der Waals surface area contributed by atoms with Gasteiger partial charge in [0.25, 0.3) is 0 Å². The fourth-order valence-corrected chi connectivity index (χ4v) is 7.53. The Hall–Kier alpha value is -6.58. The molecule has 8 aromatic carbocycles. The lowest BCUT2D eigenvalue weighted by Crippen LogP contribution is -1.99. The van der Waals surface area contributed by atoms with Gasteiger partial charge in [-0.25, -0.2) is 9.97 Å². The van der Waals surface area contributed by atoms with Gasteiger partial charge in [-0.05, 0) is 68.7 Å². The lowest BCUT2D eigenvalue weighted by atomic mass is 9.92. The number of hydrogen-bond acceptors (Lipinski definition) is 2. The lowest BCUT2D eigenvalue weighted by molar-refractivity contribution is 1.17. The highest BCUT2D eigenvalue weighted by Crippen LogP contribution is 2.40. The Labute approximate surface area is 283 Å². The summed E-state index contributed by atoms with van der Waals surface area (Å²) in [5.41, 5.74) is 8.39. The second-order valence-corrected chi connectivity index (χ2v) is 12.6. The number of benzene rings is 8. The highest BCUT2D eigenvalue weighted by molar-refractivity contribution is 6.19. The van der Waals surface area contributed by atoms with Gasteiger partial charge in [-0.2, -0.15) is 0 Å². The molecule has 0 unspecified atom stereocenters. The molecule has 2 heterocycles. The number of fused-ring (bicyclic) bond motifs is 7. The monoisotopic (exact) mass is 623 g/mol.